The van der Waals surface area contributed by atoms with Crippen LogP contribution in [0.15, 0.2) is 64.2 Å². The molecule has 1 N–H and O–H groups in total. The third-order valence-electron chi connectivity index (χ3n) is 5.80. The molecule has 0 spiro atoms. The van der Waals surface area contributed by atoms with Gasteiger partial charge in [-0.3, -0.25) is 0 Å². The molecule has 26 heavy (non-hydrogen) atoms. The fourth-order valence-corrected chi connectivity index (χ4v) is 4.11. The first-order chi connectivity index (χ1) is 12.4. The first-order valence-corrected chi connectivity index (χ1v) is 8.56. The third kappa shape index (κ3) is 2.02. The molecular weight excluding hydrogens is 330 g/mol. The molecule has 6 heteroatoms. The number of aromatic nitrogens is 3. The summed E-state index contributed by atoms with van der Waals surface area (Å²) in [6, 6.07) is 16.9. The highest BCUT2D eigenvalue weighted by atomic mass is 16.5. The summed E-state index contributed by atoms with van der Waals surface area (Å²) in [6.07, 6.45) is 0.585. The van der Waals surface area contributed by atoms with Gasteiger partial charge in [0.15, 0.2) is 0 Å². The highest BCUT2D eigenvalue weighted by Crippen LogP contribution is 2.49. The summed E-state index contributed by atoms with van der Waals surface area (Å²) >= 11 is 0. The number of ether oxygens (including phenoxy) is 1. The SMILES string of the molecule is CO[C@]1(C)c2ccccc2C[C@]1(C)n1[nH]c(=O)n(-c2ccccc2)c1=O. The number of nitrogens with zero attached hydrogens (tertiary/aromatic N) is 2. The molecule has 6 nitrogen and oxygen atoms in total. The molecule has 1 aromatic heterocycles. The van der Waals surface area contributed by atoms with Crippen LogP contribution < -0.4 is 11.4 Å². The second-order valence-corrected chi connectivity index (χ2v) is 7.05. The highest BCUT2D eigenvalue weighted by Gasteiger charge is 2.55. The minimum atomic E-state index is -0.762. The second-order valence-electron chi connectivity index (χ2n) is 7.05. The molecule has 2 aromatic carbocycles. The fraction of sp³-hybridized carbons (Fsp3) is 0.300. The number of hydrogen-bond donors (Lipinski definition) is 1. The maximum Gasteiger partial charge on any atom is 0.352 e. The Hall–Kier alpha value is -2.86. The second kappa shape index (κ2) is 5.57. The molecule has 1 heterocycles. The van der Waals surface area contributed by atoms with E-state index in [0.29, 0.717) is 12.1 Å². The number of nitrogens with one attached hydrogen (secondary N) is 1. The smallest absolute Gasteiger partial charge is 0.352 e. The molecule has 134 valence electrons. The van der Waals surface area contributed by atoms with Crippen LogP contribution in [0.1, 0.15) is 25.0 Å². The van der Waals surface area contributed by atoms with Crippen molar-refractivity contribution in [2.75, 3.05) is 7.11 Å². The van der Waals surface area contributed by atoms with E-state index in [9.17, 15) is 9.59 Å². The van der Waals surface area contributed by atoms with Gasteiger partial charge in [-0.25, -0.2) is 23.9 Å². The van der Waals surface area contributed by atoms with Crippen LogP contribution in [0, 0.1) is 0 Å². The van der Waals surface area contributed by atoms with Gasteiger partial charge >= 0.3 is 11.4 Å². The Bertz CT molecular complexity index is 1080. The molecule has 0 aliphatic heterocycles. The minimum absolute atomic E-state index is 0.403. The standard InChI is InChI=1S/C20H21N3O3/c1-19(13-14-9-7-8-12-16(14)20(19,2)26-3)23-18(25)22(17(24)21-23)15-10-5-4-6-11-15/h4-12H,13H2,1-3H3,(H,21,24)/t19-,20+/m0/s1. The zero-order valence-corrected chi connectivity index (χ0v) is 15.0. The van der Waals surface area contributed by atoms with E-state index in [1.54, 1.807) is 31.4 Å². The average Bonchev–Trinajstić information content (AvgIpc) is 3.08. The molecule has 2 atom stereocenters. The number of benzene rings is 2. The molecule has 0 saturated heterocycles. The normalized spacial score (nSPS) is 24.6. The van der Waals surface area contributed by atoms with Crippen LogP contribution in [0.4, 0.5) is 0 Å². The van der Waals surface area contributed by atoms with Crippen molar-refractivity contribution in [2.24, 2.45) is 0 Å². The van der Waals surface area contributed by atoms with Crippen molar-refractivity contribution >= 4 is 0 Å². The molecule has 1 aliphatic carbocycles. The van der Waals surface area contributed by atoms with E-state index in [4.69, 9.17) is 4.74 Å². The molecule has 0 bridgehead atoms. The maximum atomic E-state index is 13.2. The molecule has 0 amide bonds. The van der Waals surface area contributed by atoms with E-state index >= 15 is 0 Å². The molecule has 0 unspecified atom stereocenters. The van der Waals surface area contributed by atoms with E-state index < -0.39 is 22.5 Å². The van der Waals surface area contributed by atoms with E-state index in [1.165, 1.54) is 4.68 Å². The van der Waals surface area contributed by atoms with E-state index in [1.807, 2.05) is 44.2 Å². The third-order valence-corrected chi connectivity index (χ3v) is 5.80. The Labute approximate surface area is 150 Å². The number of para-hydroxylation sites is 1. The van der Waals surface area contributed by atoms with Crippen LogP contribution in [-0.2, 0) is 22.3 Å². The van der Waals surface area contributed by atoms with Gasteiger partial charge in [-0.15, -0.1) is 0 Å². The molecule has 1 aliphatic rings. The largest absolute Gasteiger partial charge is 0.371 e. The molecular formula is C20H21N3O3. The Morgan fingerprint density at radius 1 is 1.00 bits per heavy atom. The average molecular weight is 351 g/mol. The van der Waals surface area contributed by atoms with Crippen LogP contribution in [0.25, 0.3) is 5.69 Å². The lowest BCUT2D eigenvalue weighted by atomic mass is 9.83. The van der Waals surface area contributed by atoms with Crippen molar-refractivity contribution in [2.45, 2.75) is 31.4 Å². The topological polar surface area (TPSA) is 69.0 Å². The maximum absolute atomic E-state index is 13.2. The summed E-state index contributed by atoms with van der Waals surface area (Å²) in [4.78, 5) is 25.8. The Kier molecular flexibility index (Phi) is 3.56. The van der Waals surface area contributed by atoms with Crippen molar-refractivity contribution in [1.29, 1.82) is 0 Å². The van der Waals surface area contributed by atoms with Crippen LogP contribution in [0.2, 0.25) is 0 Å². The zero-order chi connectivity index (χ0) is 18.5. The first kappa shape index (κ1) is 16.6. The number of aromatic amines is 1. The zero-order valence-electron chi connectivity index (χ0n) is 15.0. The van der Waals surface area contributed by atoms with Gasteiger partial charge in [0.2, 0.25) is 0 Å². The fourth-order valence-electron chi connectivity index (χ4n) is 4.11. The van der Waals surface area contributed by atoms with Crippen LogP contribution >= 0.6 is 0 Å². The number of H-pyrrole nitrogens is 1. The predicted molar refractivity (Wildman–Crippen MR) is 98.8 cm³/mol. The lowest BCUT2D eigenvalue weighted by Gasteiger charge is -2.40. The van der Waals surface area contributed by atoms with Gasteiger partial charge in [0.25, 0.3) is 0 Å². The van der Waals surface area contributed by atoms with Crippen molar-refractivity contribution in [3.63, 3.8) is 0 Å². The summed E-state index contributed by atoms with van der Waals surface area (Å²) in [7, 11) is 1.64. The van der Waals surface area contributed by atoms with Crippen molar-refractivity contribution in [3.8, 4) is 5.69 Å². The van der Waals surface area contributed by atoms with E-state index in [0.717, 1.165) is 15.7 Å². The van der Waals surface area contributed by atoms with Gasteiger partial charge in [-0.1, -0.05) is 42.5 Å². The minimum Gasteiger partial charge on any atom is -0.371 e. The molecule has 4 rings (SSSR count). The lowest BCUT2D eigenvalue weighted by Crippen LogP contribution is -2.52. The van der Waals surface area contributed by atoms with E-state index in [2.05, 4.69) is 5.10 Å². The van der Waals surface area contributed by atoms with Gasteiger partial charge in [-0.05, 0) is 37.1 Å². The monoisotopic (exact) mass is 351 g/mol. The first-order valence-electron chi connectivity index (χ1n) is 8.56. The summed E-state index contributed by atoms with van der Waals surface area (Å²) in [5.74, 6) is 0. The van der Waals surface area contributed by atoms with Gasteiger partial charge in [-0.2, -0.15) is 0 Å². The summed E-state index contributed by atoms with van der Waals surface area (Å²) in [5.41, 5.74) is 0.304. The van der Waals surface area contributed by atoms with E-state index in [-0.39, 0.29) is 0 Å². The number of methoxy groups -OCH3 is 1. The van der Waals surface area contributed by atoms with Gasteiger partial charge in [0.1, 0.15) is 11.1 Å². The van der Waals surface area contributed by atoms with Crippen LogP contribution in [0.5, 0.6) is 0 Å². The summed E-state index contributed by atoms with van der Waals surface area (Å²) in [6.45, 7) is 3.91. The molecule has 0 radical (unpaired) electrons. The van der Waals surface area contributed by atoms with Gasteiger partial charge in [0.05, 0.1) is 5.69 Å². The van der Waals surface area contributed by atoms with Gasteiger partial charge < -0.3 is 4.74 Å². The van der Waals surface area contributed by atoms with Crippen LogP contribution in [0.3, 0.4) is 0 Å². The Morgan fingerprint density at radius 3 is 2.35 bits per heavy atom. The summed E-state index contributed by atoms with van der Waals surface area (Å²) in [5, 5.41) is 2.75. The summed E-state index contributed by atoms with van der Waals surface area (Å²) < 4.78 is 8.49. The van der Waals surface area contributed by atoms with Crippen molar-refractivity contribution in [1.82, 2.24) is 14.3 Å². The number of fused-ring (bicyclic) bond motifs is 1. The van der Waals surface area contributed by atoms with Crippen molar-refractivity contribution < 1.29 is 4.74 Å². The number of hydrogen-bond acceptors (Lipinski definition) is 3. The highest BCUT2D eigenvalue weighted by molar-refractivity contribution is 5.42. The number of rotatable bonds is 3. The molecule has 3 aromatic rings. The van der Waals surface area contributed by atoms with Gasteiger partial charge in [0, 0.05) is 13.5 Å². The van der Waals surface area contributed by atoms with Crippen LogP contribution in [-0.4, -0.2) is 21.5 Å². The van der Waals surface area contributed by atoms with Crippen molar-refractivity contribution in [3.05, 3.63) is 86.7 Å². The Balaban J connectivity index is 1.95. The molecule has 0 fully saturated rings. The lowest BCUT2D eigenvalue weighted by molar-refractivity contribution is -0.0859. The molecule has 0 saturated carbocycles. The Morgan fingerprint density at radius 2 is 1.65 bits per heavy atom. The predicted octanol–water partition coefficient (Wildman–Crippen LogP) is 2.16. The quantitative estimate of drug-likeness (QED) is 0.786.